The van der Waals surface area contributed by atoms with Crippen molar-refractivity contribution in [3.8, 4) is 11.3 Å². The van der Waals surface area contributed by atoms with Crippen LogP contribution in [0.4, 0.5) is 16.7 Å². The van der Waals surface area contributed by atoms with Gasteiger partial charge in [0.05, 0.1) is 16.3 Å². The van der Waals surface area contributed by atoms with Crippen molar-refractivity contribution < 1.29 is 9.59 Å². The zero-order valence-corrected chi connectivity index (χ0v) is 22.1. The number of carbonyl (C=O) groups excluding carboxylic acids is 2. The first-order valence-corrected chi connectivity index (χ1v) is 13.2. The van der Waals surface area contributed by atoms with E-state index in [4.69, 9.17) is 0 Å². The third kappa shape index (κ3) is 6.32. The Bertz CT molecular complexity index is 1320. The Balaban J connectivity index is 1.08. The average molecular weight is 532 g/mol. The Morgan fingerprint density at radius 1 is 1.08 bits per heavy atom. The van der Waals surface area contributed by atoms with Crippen molar-refractivity contribution in [3.63, 3.8) is 0 Å². The molecule has 0 saturated carbocycles. The van der Waals surface area contributed by atoms with E-state index < -0.39 is 0 Å². The summed E-state index contributed by atoms with van der Waals surface area (Å²) in [6.07, 6.45) is 10.9. The Labute approximate surface area is 225 Å². The molecular weight excluding hydrogens is 502 g/mol. The largest absolute Gasteiger partial charge is 0.347 e. The van der Waals surface area contributed by atoms with E-state index >= 15 is 0 Å². The molecule has 3 aromatic heterocycles. The van der Waals surface area contributed by atoms with Gasteiger partial charge in [-0.3, -0.25) is 19.9 Å². The minimum Gasteiger partial charge on any atom is -0.347 e. The van der Waals surface area contributed by atoms with E-state index in [2.05, 4.69) is 46.5 Å². The number of pyridine rings is 1. The summed E-state index contributed by atoms with van der Waals surface area (Å²) >= 11 is 0.887. The lowest BCUT2D eigenvalue weighted by atomic mass is 9.97. The van der Waals surface area contributed by atoms with Crippen LogP contribution in [0.3, 0.4) is 0 Å². The van der Waals surface area contributed by atoms with E-state index in [1.165, 1.54) is 0 Å². The van der Waals surface area contributed by atoms with E-state index in [1.807, 2.05) is 31.3 Å². The van der Waals surface area contributed by atoms with Crippen LogP contribution in [-0.2, 0) is 11.3 Å². The zero-order valence-electron chi connectivity index (χ0n) is 21.3. The van der Waals surface area contributed by atoms with Crippen LogP contribution in [0.25, 0.3) is 17.3 Å². The second-order valence-corrected chi connectivity index (χ2v) is 10.4. The molecule has 2 aliphatic heterocycles. The van der Waals surface area contributed by atoms with Crippen molar-refractivity contribution in [2.75, 3.05) is 43.5 Å². The molecule has 0 aromatic carbocycles. The fourth-order valence-corrected chi connectivity index (χ4v) is 4.96. The molecule has 5 rings (SSSR count). The van der Waals surface area contributed by atoms with Crippen molar-refractivity contribution in [1.29, 1.82) is 0 Å². The van der Waals surface area contributed by atoms with Crippen LogP contribution in [0.1, 0.15) is 24.1 Å². The number of anilines is 2. The Hall–Kier alpha value is -3.90. The Morgan fingerprint density at radius 2 is 1.87 bits per heavy atom. The summed E-state index contributed by atoms with van der Waals surface area (Å²) in [6, 6.07) is 5.82. The van der Waals surface area contributed by atoms with E-state index in [1.54, 1.807) is 30.7 Å². The molecule has 0 radical (unpaired) electrons. The third-order valence-corrected chi connectivity index (χ3v) is 7.21. The van der Waals surface area contributed by atoms with Gasteiger partial charge in [0.15, 0.2) is 0 Å². The molecule has 38 heavy (non-hydrogen) atoms. The quantitative estimate of drug-likeness (QED) is 0.416. The second kappa shape index (κ2) is 11.7. The summed E-state index contributed by atoms with van der Waals surface area (Å²) in [6.45, 7) is 3.43. The normalized spacial score (nSPS) is 17.2. The molecule has 196 valence electrons. The number of nitrogens with one attached hydrogen (secondary N) is 2. The fraction of sp³-hybridized carbons (Fsp3) is 0.346. The number of nitrogens with zero attached hydrogens (tertiary/aromatic N) is 7. The lowest BCUT2D eigenvalue weighted by Gasteiger charge is -2.32. The molecule has 0 atom stereocenters. The summed E-state index contributed by atoms with van der Waals surface area (Å²) < 4.78 is 0. The highest BCUT2D eigenvalue weighted by atomic mass is 32.2. The number of imide groups is 1. The smallest absolute Gasteiger partial charge is 0.290 e. The van der Waals surface area contributed by atoms with Gasteiger partial charge in [-0.1, -0.05) is 6.07 Å². The number of thioether (sulfide) groups is 1. The van der Waals surface area contributed by atoms with Crippen LogP contribution in [0, 0.1) is 5.92 Å². The van der Waals surface area contributed by atoms with Crippen molar-refractivity contribution >= 4 is 40.9 Å². The SMILES string of the molecule is CN(C)c1ncc(-c2ccc(CNCC3CCN(c4nccc(/C=C5/SC(=O)NC5=O)n4)CC3)cn2)cn1. The lowest BCUT2D eigenvalue weighted by molar-refractivity contribution is -0.115. The lowest BCUT2D eigenvalue weighted by Crippen LogP contribution is -2.38. The van der Waals surface area contributed by atoms with E-state index in [0.717, 1.165) is 67.6 Å². The van der Waals surface area contributed by atoms with Crippen molar-refractivity contribution in [3.05, 3.63) is 59.1 Å². The predicted molar refractivity (Wildman–Crippen MR) is 147 cm³/mol. The highest BCUT2D eigenvalue weighted by molar-refractivity contribution is 8.18. The summed E-state index contributed by atoms with van der Waals surface area (Å²) in [5, 5.41) is 5.47. The zero-order chi connectivity index (χ0) is 26.5. The second-order valence-electron chi connectivity index (χ2n) is 9.41. The van der Waals surface area contributed by atoms with Gasteiger partial charge < -0.3 is 15.1 Å². The number of hydrogen-bond donors (Lipinski definition) is 2. The topological polar surface area (TPSA) is 129 Å². The highest BCUT2D eigenvalue weighted by Crippen LogP contribution is 2.26. The van der Waals surface area contributed by atoms with Crippen LogP contribution in [0.2, 0.25) is 0 Å². The first-order chi connectivity index (χ1) is 18.4. The predicted octanol–water partition coefficient (Wildman–Crippen LogP) is 2.72. The van der Waals surface area contributed by atoms with Crippen molar-refractivity contribution in [2.45, 2.75) is 19.4 Å². The minimum absolute atomic E-state index is 0.349. The maximum Gasteiger partial charge on any atom is 0.290 e. The van der Waals surface area contributed by atoms with Crippen molar-refractivity contribution in [1.82, 2.24) is 35.6 Å². The van der Waals surface area contributed by atoms with Gasteiger partial charge in [-0.2, -0.15) is 0 Å². The first kappa shape index (κ1) is 25.7. The van der Waals surface area contributed by atoms with Gasteiger partial charge in [-0.25, -0.2) is 19.9 Å². The maximum absolute atomic E-state index is 11.8. The molecule has 2 fully saturated rings. The Kier molecular flexibility index (Phi) is 7.89. The maximum atomic E-state index is 11.8. The van der Waals surface area contributed by atoms with Crippen LogP contribution in [-0.4, -0.2) is 69.8 Å². The van der Waals surface area contributed by atoms with E-state index in [9.17, 15) is 9.59 Å². The molecule has 2 saturated heterocycles. The number of hydrogen-bond acceptors (Lipinski definition) is 11. The molecule has 5 heterocycles. The van der Waals surface area contributed by atoms with Gasteiger partial charge in [-0.15, -0.1) is 0 Å². The molecule has 3 aromatic rings. The van der Waals surface area contributed by atoms with Gasteiger partial charge in [0.1, 0.15) is 0 Å². The number of carbonyl (C=O) groups is 2. The fourth-order valence-electron chi connectivity index (χ4n) is 4.29. The first-order valence-electron chi connectivity index (χ1n) is 12.4. The third-order valence-electron chi connectivity index (χ3n) is 6.40. The molecule has 12 heteroatoms. The summed E-state index contributed by atoms with van der Waals surface area (Å²) in [4.78, 5) is 49.9. The van der Waals surface area contributed by atoms with Crippen LogP contribution in [0.15, 0.2) is 47.9 Å². The van der Waals surface area contributed by atoms with Crippen LogP contribution >= 0.6 is 11.8 Å². The van der Waals surface area contributed by atoms with Gasteiger partial charge in [-0.05, 0) is 60.8 Å². The molecule has 2 N–H and O–H groups in total. The monoisotopic (exact) mass is 531 g/mol. The number of aromatic nitrogens is 5. The van der Waals surface area contributed by atoms with E-state index in [0.29, 0.717) is 28.4 Å². The number of piperidine rings is 1. The Morgan fingerprint density at radius 3 is 2.53 bits per heavy atom. The summed E-state index contributed by atoms with van der Waals surface area (Å²) in [5.41, 5.74) is 3.50. The summed E-state index contributed by atoms with van der Waals surface area (Å²) in [5.74, 6) is 1.51. The molecule has 0 bridgehead atoms. The molecule has 2 amide bonds. The molecule has 2 aliphatic rings. The van der Waals surface area contributed by atoms with Gasteiger partial charge in [0.2, 0.25) is 11.9 Å². The van der Waals surface area contributed by atoms with Crippen molar-refractivity contribution in [2.24, 2.45) is 5.92 Å². The van der Waals surface area contributed by atoms with Crippen LogP contribution < -0.4 is 20.4 Å². The molecule has 0 unspecified atom stereocenters. The van der Waals surface area contributed by atoms with Gasteiger partial charge >= 0.3 is 0 Å². The average Bonchev–Trinajstić information content (AvgIpc) is 3.25. The highest BCUT2D eigenvalue weighted by Gasteiger charge is 2.25. The minimum atomic E-state index is -0.385. The van der Waals surface area contributed by atoms with E-state index in [-0.39, 0.29) is 11.1 Å². The van der Waals surface area contributed by atoms with Gasteiger partial charge in [0.25, 0.3) is 11.1 Å². The standard InChI is InChI=1S/C26H29N9O2S/c1-34(2)24-30-15-19(16-31-24)21-4-3-18(14-29-21)13-27-12-17-6-9-35(10-7-17)25-28-8-5-20(32-25)11-22-23(36)33-26(37)38-22/h3-5,8,11,14-17,27H,6-7,9-10,12-13H2,1-2H3,(H,33,36,37)/b22-11+. The number of amides is 2. The van der Waals surface area contributed by atoms with Crippen LogP contribution in [0.5, 0.6) is 0 Å². The molecule has 0 aliphatic carbocycles. The summed E-state index contributed by atoms with van der Waals surface area (Å²) in [7, 11) is 3.82. The molecule has 0 spiro atoms. The van der Waals surface area contributed by atoms with Gasteiger partial charge in [0, 0.05) is 64.1 Å². The molecular formula is C26H29N9O2S. The molecule has 11 nitrogen and oxygen atoms in total. The number of rotatable bonds is 8.